The van der Waals surface area contributed by atoms with Crippen LogP contribution in [0.4, 0.5) is 0 Å². The van der Waals surface area contributed by atoms with Gasteiger partial charge >= 0.3 is 0 Å². The lowest BCUT2D eigenvalue weighted by Gasteiger charge is -2.47. The minimum absolute atomic E-state index is 0.0325. The molecule has 0 unspecified atom stereocenters. The second-order valence-corrected chi connectivity index (χ2v) is 7.60. The fourth-order valence-electron chi connectivity index (χ4n) is 2.01. The van der Waals surface area contributed by atoms with Crippen LogP contribution in [-0.2, 0) is 10.0 Å². The molecule has 108 valence electrons. The average Bonchev–Trinajstić information content (AvgIpc) is 2.34. The molecule has 0 bridgehead atoms. The van der Waals surface area contributed by atoms with Gasteiger partial charge in [-0.05, 0) is 24.1 Å². The van der Waals surface area contributed by atoms with Gasteiger partial charge in [0, 0.05) is 13.1 Å². The van der Waals surface area contributed by atoms with E-state index >= 15 is 0 Å². The van der Waals surface area contributed by atoms with Crippen molar-refractivity contribution in [2.45, 2.75) is 24.3 Å². The highest BCUT2D eigenvalue weighted by Gasteiger charge is 2.49. The van der Waals surface area contributed by atoms with Gasteiger partial charge in [-0.25, -0.2) is 8.42 Å². The van der Waals surface area contributed by atoms with E-state index in [1.54, 1.807) is 0 Å². The number of nitriles is 1. The molecule has 0 amide bonds. The van der Waals surface area contributed by atoms with Crippen molar-refractivity contribution in [1.82, 2.24) is 4.31 Å². The zero-order chi connectivity index (χ0) is 15.1. The minimum Gasteiger partial charge on any atom is -0.387 e. The molecule has 1 N–H and O–H groups in total. The van der Waals surface area contributed by atoms with Gasteiger partial charge in [0.1, 0.15) is 4.90 Å². The van der Waals surface area contributed by atoms with Crippen molar-refractivity contribution in [2.75, 3.05) is 13.1 Å². The summed E-state index contributed by atoms with van der Waals surface area (Å²) in [5.74, 6) is -0.0325. The van der Waals surface area contributed by atoms with Crippen LogP contribution in [0.5, 0.6) is 0 Å². The lowest BCUT2D eigenvalue weighted by Crippen LogP contribution is -2.65. The van der Waals surface area contributed by atoms with Crippen molar-refractivity contribution in [2.24, 2.45) is 5.92 Å². The van der Waals surface area contributed by atoms with Crippen LogP contribution in [0.25, 0.3) is 0 Å². The molecule has 1 aromatic rings. The van der Waals surface area contributed by atoms with E-state index in [0.717, 1.165) is 0 Å². The van der Waals surface area contributed by atoms with Gasteiger partial charge in [-0.2, -0.15) is 9.57 Å². The topological polar surface area (TPSA) is 81.4 Å². The molecule has 2 rings (SSSR count). The molecule has 5 nitrogen and oxygen atoms in total. The van der Waals surface area contributed by atoms with Gasteiger partial charge in [-0.1, -0.05) is 25.4 Å². The molecule has 1 heterocycles. The summed E-state index contributed by atoms with van der Waals surface area (Å²) in [6.45, 7) is 3.76. The number of sulfonamides is 1. The Morgan fingerprint density at radius 3 is 2.55 bits per heavy atom. The van der Waals surface area contributed by atoms with E-state index in [1.807, 2.05) is 19.9 Å². The minimum atomic E-state index is -3.78. The van der Waals surface area contributed by atoms with Gasteiger partial charge in [0.2, 0.25) is 10.0 Å². The smallest absolute Gasteiger partial charge is 0.244 e. The molecule has 0 saturated carbocycles. The molecule has 7 heteroatoms. The van der Waals surface area contributed by atoms with Crippen molar-refractivity contribution in [3.63, 3.8) is 0 Å². The fraction of sp³-hybridized carbons (Fsp3) is 0.462. The van der Waals surface area contributed by atoms with E-state index in [0.29, 0.717) is 0 Å². The van der Waals surface area contributed by atoms with Crippen molar-refractivity contribution in [3.8, 4) is 6.07 Å². The van der Waals surface area contributed by atoms with Crippen LogP contribution in [0.15, 0.2) is 23.1 Å². The van der Waals surface area contributed by atoms with Crippen molar-refractivity contribution in [3.05, 3.63) is 28.8 Å². The highest BCUT2D eigenvalue weighted by atomic mass is 35.5. The second kappa shape index (κ2) is 5.01. The first-order chi connectivity index (χ1) is 9.20. The van der Waals surface area contributed by atoms with E-state index < -0.39 is 15.6 Å². The standard InChI is InChI=1S/C13H15ClN2O3S/c1-9(2)13(17)7-16(8-13)20(18,19)12-5-10(6-15)3-4-11(12)14/h3-5,9,17H,7-8H2,1-2H3. The molecule has 20 heavy (non-hydrogen) atoms. The lowest BCUT2D eigenvalue weighted by atomic mass is 9.85. The number of hydrogen-bond donors (Lipinski definition) is 1. The third-order valence-electron chi connectivity index (χ3n) is 3.65. The molecule has 1 aliphatic heterocycles. The average molecular weight is 315 g/mol. The molecule has 1 fully saturated rings. The van der Waals surface area contributed by atoms with E-state index in [1.165, 1.54) is 22.5 Å². The number of benzene rings is 1. The molecule has 0 aliphatic carbocycles. The van der Waals surface area contributed by atoms with Crippen LogP contribution >= 0.6 is 11.6 Å². The highest BCUT2D eigenvalue weighted by molar-refractivity contribution is 7.89. The number of β-amino-alcohol motifs (C(OH)–C–C–N with tert-alkyl or cyclic N) is 1. The maximum absolute atomic E-state index is 12.4. The van der Waals surface area contributed by atoms with Crippen LogP contribution in [0.3, 0.4) is 0 Å². The summed E-state index contributed by atoms with van der Waals surface area (Å²) < 4.78 is 26.0. The Morgan fingerprint density at radius 1 is 1.45 bits per heavy atom. The molecule has 0 atom stereocenters. The van der Waals surface area contributed by atoms with E-state index in [-0.39, 0.29) is 34.5 Å². The Kier molecular flexibility index (Phi) is 3.82. The number of rotatable bonds is 3. The number of nitrogens with zero attached hydrogens (tertiary/aromatic N) is 2. The monoisotopic (exact) mass is 314 g/mol. The first-order valence-corrected chi connectivity index (χ1v) is 7.95. The maximum atomic E-state index is 12.4. The summed E-state index contributed by atoms with van der Waals surface area (Å²) >= 11 is 5.92. The largest absolute Gasteiger partial charge is 0.387 e. The number of halogens is 1. The zero-order valence-electron chi connectivity index (χ0n) is 11.2. The molecule has 0 radical (unpaired) electrons. The Bertz CT molecular complexity index is 673. The van der Waals surface area contributed by atoms with Gasteiger partial charge in [0.05, 0.1) is 22.3 Å². The Hall–Kier alpha value is -1.13. The van der Waals surface area contributed by atoms with Crippen molar-refractivity contribution >= 4 is 21.6 Å². The summed E-state index contributed by atoms with van der Waals surface area (Å²) in [4.78, 5) is -0.0935. The Morgan fingerprint density at radius 2 is 2.05 bits per heavy atom. The molecule has 0 spiro atoms. The van der Waals surface area contributed by atoms with Crippen LogP contribution in [0.1, 0.15) is 19.4 Å². The zero-order valence-corrected chi connectivity index (χ0v) is 12.7. The molecule has 1 aromatic carbocycles. The molecular weight excluding hydrogens is 300 g/mol. The van der Waals surface area contributed by atoms with E-state index in [2.05, 4.69) is 0 Å². The van der Waals surface area contributed by atoms with Gasteiger partial charge in [-0.3, -0.25) is 0 Å². The van der Waals surface area contributed by atoms with Gasteiger partial charge in [0.15, 0.2) is 0 Å². The first kappa shape index (κ1) is 15.3. The first-order valence-electron chi connectivity index (χ1n) is 6.13. The third kappa shape index (κ3) is 2.42. The summed E-state index contributed by atoms with van der Waals surface area (Å²) in [6.07, 6.45) is 0. The van der Waals surface area contributed by atoms with Crippen LogP contribution in [-0.4, -0.2) is 36.5 Å². The van der Waals surface area contributed by atoms with Gasteiger partial charge in [0.25, 0.3) is 0 Å². The van der Waals surface area contributed by atoms with Gasteiger partial charge in [-0.15, -0.1) is 0 Å². The highest BCUT2D eigenvalue weighted by Crippen LogP contribution is 2.35. The van der Waals surface area contributed by atoms with Crippen LogP contribution < -0.4 is 0 Å². The second-order valence-electron chi connectivity index (χ2n) is 5.29. The summed E-state index contributed by atoms with van der Waals surface area (Å²) in [7, 11) is -3.78. The predicted molar refractivity (Wildman–Crippen MR) is 74.7 cm³/mol. The molecule has 1 aliphatic rings. The van der Waals surface area contributed by atoms with E-state index in [9.17, 15) is 13.5 Å². The lowest BCUT2D eigenvalue weighted by molar-refractivity contribution is -0.0932. The normalized spacial score (nSPS) is 18.6. The predicted octanol–water partition coefficient (Wildman–Crippen LogP) is 1.60. The number of hydrogen-bond acceptors (Lipinski definition) is 4. The molecule has 1 saturated heterocycles. The quantitative estimate of drug-likeness (QED) is 0.919. The molecule has 0 aromatic heterocycles. The SMILES string of the molecule is CC(C)C1(O)CN(S(=O)(=O)c2cc(C#N)ccc2Cl)C1. The summed E-state index contributed by atoms with van der Waals surface area (Å²) in [5, 5.41) is 19.1. The Balaban J connectivity index is 2.32. The van der Waals surface area contributed by atoms with E-state index in [4.69, 9.17) is 16.9 Å². The van der Waals surface area contributed by atoms with Gasteiger partial charge < -0.3 is 5.11 Å². The van der Waals surface area contributed by atoms with Crippen molar-refractivity contribution < 1.29 is 13.5 Å². The molecular formula is C13H15ClN2O3S. The summed E-state index contributed by atoms with van der Waals surface area (Å²) in [6, 6.07) is 5.99. The number of aliphatic hydroxyl groups is 1. The van der Waals surface area contributed by atoms with Crippen LogP contribution in [0, 0.1) is 17.2 Å². The summed E-state index contributed by atoms with van der Waals surface area (Å²) in [5.41, 5.74) is -0.764. The maximum Gasteiger partial charge on any atom is 0.244 e. The third-order valence-corrected chi connectivity index (χ3v) is 5.93. The van der Waals surface area contributed by atoms with Crippen molar-refractivity contribution in [1.29, 1.82) is 5.26 Å². The van der Waals surface area contributed by atoms with Crippen LogP contribution in [0.2, 0.25) is 5.02 Å². The fourth-order valence-corrected chi connectivity index (χ4v) is 4.07. The Labute approximate surface area is 123 Å².